The van der Waals surface area contributed by atoms with Crippen LogP contribution in [0.5, 0.6) is 0 Å². The Hall–Kier alpha value is -3.36. The first-order chi connectivity index (χ1) is 14.2. The van der Waals surface area contributed by atoms with Crippen molar-refractivity contribution in [2.45, 2.75) is 24.8 Å². The molecule has 4 rings (SSSR count). The molecule has 2 aliphatic rings. The number of nitrogens with one attached hydrogen (secondary N) is 2. The van der Waals surface area contributed by atoms with E-state index < -0.39 is 42.6 Å². The number of rotatable bonds is 4. The number of amides is 3. The van der Waals surface area contributed by atoms with Crippen LogP contribution in [0.15, 0.2) is 42.5 Å². The Morgan fingerprint density at radius 1 is 1.20 bits per heavy atom. The lowest BCUT2D eigenvalue weighted by Crippen LogP contribution is -2.31. The lowest BCUT2D eigenvalue weighted by Gasteiger charge is -2.17. The summed E-state index contributed by atoms with van der Waals surface area (Å²) in [5, 5.41) is 5.22. The fourth-order valence-electron chi connectivity index (χ4n) is 3.76. The number of fused-ring (bicyclic) bond motifs is 1. The van der Waals surface area contributed by atoms with E-state index in [4.69, 9.17) is 0 Å². The molecule has 3 amide bonds. The Labute approximate surface area is 170 Å². The van der Waals surface area contributed by atoms with Gasteiger partial charge in [0.25, 0.3) is 17.7 Å². The molecule has 1 saturated heterocycles. The highest BCUT2D eigenvalue weighted by atomic mass is 19.3. The molecule has 0 radical (unpaired) electrons. The van der Waals surface area contributed by atoms with E-state index in [-0.39, 0.29) is 30.1 Å². The molecule has 1 fully saturated rings. The van der Waals surface area contributed by atoms with E-state index in [9.17, 15) is 27.6 Å². The van der Waals surface area contributed by atoms with Gasteiger partial charge >= 0.3 is 0 Å². The van der Waals surface area contributed by atoms with Crippen LogP contribution < -0.4 is 10.6 Å². The van der Waals surface area contributed by atoms with Gasteiger partial charge in [0.05, 0.1) is 19.0 Å². The number of alkyl halides is 2. The molecule has 2 aromatic rings. The minimum Gasteiger partial charge on any atom is -0.345 e. The monoisotopic (exact) mass is 417 g/mol. The quantitative estimate of drug-likeness (QED) is 0.803. The van der Waals surface area contributed by atoms with E-state index in [1.54, 1.807) is 24.3 Å². The second-order valence-corrected chi connectivity index (χ2v) is 7.43. The van der Waals surface area contributed by atoms with Crippen molar-refractivity contribution in [3.63, 3.8) is 0 Å². The average Bonchev–Trinajstić information content (AvgIpc) is 3.20. The third kappa shape index (κ3) is 4.00. The number of nitrogens with zero attached hydrogens (tertiary/aromatic N) is 1. The maximum absolute atomic E-state index is 14.0. The van der Waals surface area contributed by atoms with Gasteiger partial charge < -0.3 is 15.5 Å². The Morgan fingerprint density at radius 2 is 1.97 bits per heavy atom. The van der Waals surface area contributed by atoms with Crippen molar-refractivity contribution >= 4 is 23.4 Å². The number of benzene rings is 2. The van der Waals surface area contributed by atoms with Crippen molar-refractivity contribution in [1.29, 1.82) is 0 Å². The standard InChI is InChI=1S/C21H18F3N3O3/c22-13-7-12(20(30)27-6-5-21(23,24)11-27)8-14(9-13)25-18(28)10-17-15-3-1-2-4-16(15)19(29)26-17/h1-4,7-9,17H,5-6,10-11H2,(H,25,28)(H,26,29). The summed E-state index contributed by atoms with van der Waals surface area (Å²) in [5.74, 6) is -5.22. The van der Waals surface area contributed by atoms with Crippen molar-refractivity contribution in [2.24, 2.45) is 0 Å². The predicted molar refractivity (Wildman–Crippen MR) is 102 cm³/mol. The third-order valence-corrected chi connectivity index (χ3v) is 5.16. The molecule has 156 valence electrons. The van der Waals surface area contributed by atoms with Crippen molar-refractivity contribution in [3.8, 4) is 0 Å². The molecule has 0 aliphatic carbocycles. The highest BCUT2D eigenvalue weighted by molar-refractivity contribution is 6.01. The molecule has 2 N–H and O–H groups in total. The fourth-order valence-corrected chi connectivity index (χ4v) is 3.76. The van der Waals surface area contributed by atoms with Gasteiger partial charge in [0.1, 0.15) is 5.82 Å². The number of hydrogen-bond donors (Lipinski definition) is 2. The Kier molecular flexibility index (Phi) is 4.97. The number of carbonyl (C=O) groups is 3. The first-order valence-electron chi connectivity index (χ1n) is 9.39. The van der Waals surface area contributed by atoms with Crippen LogP contribution in [-0.2, 0) is 4.79 Å². The topological polar surface area (TPSA) is 78.5 Å². The highest BCUT2D eigenvalue weighted by Crippen LogP contribution is 2.29. The van der Waals surface area contributed by atoms with Crippen molar-refractivity contribution in [3.05, 3.63) is 65.0 Å². The lowest BCUT2D eigenvalue weighted by atomic mass is 10.0. The molecule has 6 nitrogen and oxygen atoms in total. The molecule has 30 heavy (non-hydrogen) atoms. The zero-order valence-electron chi connectivity index (χ0n) is 15.8. The zero-order chi connectivity index (χ0) is 21.5. The molecular formula is C21H18F3N3O3. The molecule has 0 saturated carbocycles. The van der Waals surface area contributed by atoms with Gasteiger partial charge in [0.2, 0.25) is 5.91 Å². The van der Waals surface area contributed by atoms with Crippen molar-refractivity contribution in [1.82, 2.24) is 10.2 Å². The minimum absolute atomic E-state index is 0.0342. The van der Waals surface area contributed by atoms with Crippen LogP contribution in [0, 0.1) is 5.82 Å². The molecule has 1 unspecified atom stereocenters. The molecule has 1 atom stereocenters. The summed E-state index contributed by atoms with van der Waals surface area (Å²) >= 11 is 0. The third-order valence-electron chi connectivity index (χ3n) is 5.16. The van der Waals surface area contributed by atoms with Gasteiger partial charge in [-0.2, -0.15) is 0 Å². The van der Waals surface area contributed by atoms with Crippen molar-refractivity contribution < 1.29 is 27.6 Å². The van der Waals surface area contributed by atoms with E-state index in [1.165, 1.54) is 6.07 Å². The van der Waals surface area contributed by atoms with Crippen LogP contribution in [0.1, 0.15) is 45.2 Å². The maximum Gasteiger partial charge on any atom is 0.267 e. The number of hydrogen-bond acceptors (Lipinski definition) is 3. The van der Waals surface area contributed by atoms with Gasteiger partial charge in [-0.25, -0.2) is 13.2 Å². The first kappa shape index (κ1) is 19.9. The number of carbonyl (C=O) groups excluding carboxylic acids is 3. The van der Waals surface area contributed by atoms with Gasteiger partial charge in [0, 0.05) is 29.8 Å². The molecule has 2 aliphatic heterocycles. The molecular weight excluding hydrogens is 399 g/mol. The number of anilines is 1. The van der Waals surface area contributed by atoms with Crippen LogP contribution >= 0.6 is 0 Å². The second kappa shape index (κ2) is 7.47. The summed E-state index contributed by atoms with van der Waals surface area (Å²) < 4.78 is 40.7. The predicted octanol–water partition coefficient (Wildman–Crippen LogP) is 3.12. The zero-order valence-corrected chi connectivity index (χ0v) is 15.8. The maximum atomic E-state index is 14.0. The van der Waals surface area contributed by atoms with Crippen LogP contribution in [0.4, 0.5) is 18.9 Å². The number of likely N-dealkylation sites (tertiary alicyclic amines) is 1. The smallest absolute Gasteiger partial charge is 0.267 e. The normalized spacial score (nSPS) is 19.4. The highest BCUT2D eigenvalue weighted by Gasteiger charge is 2.40. The van der Waals surface area contributed by atoms with Gasteiger partial charge in [0.15, 0.2) is 0 Å². The Balaban J connectivity index is 1.46. The molecule has 2 heterocycles. The first-order valence-corrected chi connectivity index (χ1v) is 9.39. The second-order valence-electron chi connectivity index (χ2n) is 7.43. The van der Waals surface area contributed by atoms with Gasteiger partial charge in [-0.15, -0.1) is 0 Å². The Morgan fingerprint density at radius 3 is 2.70 bits per heavy atom. The average molecular weight is 417 g/mol. The van der Waals surface area contributed by atoms with E-state index in [0.717, 1.165) is 17.0 Å². The summed E-state index contributed by atoms with van der Waals surface area (Å²) in [5.41, 5.74) is 1.11. The summed E-state index contributed by atoms with van der Waals surface area (Å²) in [7, 11) is 0. The van der Waals surface area contributed by atoms with E-state index in [0.29, 0.717) is 11.1 Å². The summed E-state index contributed by atoms with van der Waals surface area (Å²) in [6.45, 7) is -0.838. The Bertz CT molecular complexity index is 1040. The molecule has 0 bridgehead atoms. The summed E-state index contributed by atoms with van der Waals surface area (Å²) in [4.78, 5) is 37.8. The van der Waals surface area contributed by atoms with E-state index >= 15 is 0 Å². The van der Waals surface area contributed by atoms with Gasteiger partial charge in [-0.3, -0.25) is 14.4 Å². The van der Waals surface area contributed by atoms with E-state index in [1.807, 2.05) is 0 Å². The molecule has 9 heteroatoms. The largest absolute Gasteiger partial charge is 0.345 e. The minimum atomic E-state index is -2.96. The van der Waals surface area contributed by atoms with Crippen LogP contribution in [-0.4, -0.2) is 41.6 Å². The van der Waals surface area contributed by atoms with Crippen molar-refractivity contribution in [2.75, 3.05) is 18.4 Å². The van der Waals surface area contributed by atoms with Crippen LogP contribution in [0.25, 0.3) is 0 Å². The molecule has 0 spiro atoms. The van der Waals surface area contributed by atoms with Gasteiger partial charge in [-0.05, 0) is 29.8 Å². The summed E-state index contributed by atoms with van der Waals surface area (Å²) in [6.07, 6.45) is -0.521. The fraction of sp³-hybridized carbons (Fsp3) is 0.286. The molecule has 0 aromatic heterocycles. The van der Waals surface area contributed by atoms with E-state index in [2.05, 4.69) is 10.6 Å². The van der Waals surface area contributed by atoms with Gasteiger partial charge in [-0.1, -0.05) is 18.2 Å². The summed E-state index contributed by atoms with van der Waals surface area (Å²) in [6, 6.07) is 9.61. The SMILES string of the molecule is O=C(CC1NC(=O)c2ccccc21)Nc1cc(F)cc(C(=O)N2CCC(F)(F)C2)c1. The lowest BCUT2D eigenvalue weighted by molar-refractivity contribution is -0.116. The molecule has 2 aromatic carbocycles. The van der Waals surface area contributed by atoms with Crippen LogP contribution in [0.3, 0.4) is 0 Å². The number of halogens is 3. The van der Waals surface area contributed by atoms with Crippen LogP contribution in [0.2, 0.25) is 0 Å².